The highest BCUT2D eigenvalue weighted by atomic mass is 19.4. The number of hydrogen-bond donors (Lipinski definition) is 0. The van der Waals surface area contributed by atoms with Gasteiger partial charge in [-0.25, -0.2) is 23.3 Å². The van der Waals surface area contributed by atoms with Gasteiger partial charge in [-0.2, -0.15) is 5.10 Å². The van der Waals surface area contributed by atoms with E-state index in [1.54, 1.807) is 6.92 Å². The van der Waals surface area contributed by atoms with Gasteiger partial charge in [-0.3, -0.25) is 9.59 Å². The van der Waals surface area contributed by atoms with Crippen molar-refractivity contribution in [3.63, 3.8) is 0 Å². The third-order valence-corrected chi connectivity index (χ3v) is 5.20. The number of pyridine rings is 1. The number of amides is 2. The first-order valence-electron chi connectivity index (χ1n) is 9.63. The van der Waals surface area contributed by atoms with Gasteiger partial charge in [0.15, 0.2) is 17.3 Å². The van der Waals surface area contributed by atoms with Crippen molar-refractivity contribution in [3.8, 4) is 11.4 Å². The number of imide groups is 1. The van der Waals surface area contributed by atoms with Crippen molar-refractivity contribution in [1.29, 1.82) is 0 Å². The maximum atomic E-state index is 13.7. The zero-order valence-corrected chi connectivity index (χ0v) is 17.0. The van der Waals surface area contributed by atoms with Gasteiger partial charge >= 0.3 is 6.36 Å². The lowest BCUT2D eigenvalue weighted by Crippen LogP contribution is -2.29. The molecular formula is C22H11F5N4O3. The summed E-state index contributed by atoms with van der Waals surface area (Å²) in [6, 6.07) is 7.36. The molecule has 0 bridgehead atoms. The van der Waals surface area contributed by atoms with Gasteiger partial charge in [0.25, 0.3) is 11.8 Å². The minimum Gasteiger partial charge on any atom is -0.406 e. The molecule has 0 aliphatic carbocycles. The van der Waals surface area contributed by atoms with E-state index in [9.17, 15) is 31.5 Å². The summed E-state index contributed by atoms with van der Waals surface area (Å²) >= 11 is 0. The van der Waals surface area contributed by atoms with Crippen LogP contribution in [0, 0.1) is 18.6 Å². The number of benzene rings is 2. The highest BCUT2D eigenvalue weighted by Crippen LogP contribution is 2.35. The number of anilines is 1. The molecule has 0 radical (unpaired) electrons. The number of rotatable bonds is 3. The topological polar surface area (TPSA) is 77.3 Å². The summed E-state index contributed by atoms with van der Waals surface area (Å²) < 4.78 is 69.3. The van der Waals surface area contributed by atoms with Crippen molar-refractivity contribution in [2.75, 3.05) is 4.90 Å². The number of alkyl halides is 3. The van der Waals surface area contributed by atoms with E-state index >= 15 is 0 Å². The van der Waals surface area contributed by atoms with E-state index in [0.29, 0.717) is 5.69 Å². The van der Waals surface area contributed by atoms with E-state index in [4.69, 9.17) is 0 Å². The van der Waals surface area contributed by atoms with Gasteiger partial charge in [0, 0.05) is 12.3 Å². The van der Waals surface area contributed by atoms with Crippen LogP contribution < -0.4 is 9.64 Å². The highest BCUT2D eigenvalue weighted by molar-refractivity contribution is 6.37. The Bertz CT molecular complexity index is 1500. The standard InChI is InChI=1S/C22H11F5N4O3/c1-10-17-18-14(9-28-19(17)31(29-10)12-4-7-15(23)16(24)8-12)20(32)30(21(18)33)11-2-5-13(6-3-11)34-22(25,26)27/h2-9H,1H3. The quantitative estimate of drug-likeness (QED) is 0.318. The van der Waals surface area contributed by atoms with Gasteiger partial charge in [0.1, 0.15) is 5.75 Å². The number of aromatic nitrogens is 3. The molecule has 1 aliphatic rings. The van der Waals surface area contributed by atoms with Gasteiger partial charge in [-0.15, -0.1) is 13.2 Å². The molecule has 1 aliphatic heterocycles. The Kier molecular flexibility index (Phi) is 4.64. The number of nitrogens with zero attached hydrogens (tertiary/aromatic N) is 4. The van der Waals surface area contributed by atoms with Crippen molar-refractivity contribution in [2.45, 2.75) is 13.3 Å². The molecule has 0 spiro atoms. The summed E-state index contributed by atoms with van der Waals surface area (Å²) in [5, 5.41) is 4.51. The Morgan fingerprint density at radius 2 is 1.59 bits per heavy atom. The summed E-state index contributed by atoms with van der Waals surface area (Å²) in [7, 11) is 0. The van der Waals surface area contributed by atoms with Crippen LogP contribution in [0.5, 0.6) is 5.75 Å². The molecule has 34 heavy (non-hydrogen) atoms. The molecule has 2 aromatic carbocycles. The molecule has 172 valence electrons. The largest absolute Gasteiger partial charge is 0.573 e. The first-order chi connectivity index (χ1) is 16.0. The number of fused-ring (bicyclic) bond motifs is 3. The fourth-order valence-corrected chi connectivity index (χ4v) is 3.79. The van der Waals surface area contributed by atoms with Gasteiger partial charge in [0.2, 0.25) is 0 Å². The molecular weight excluding hydrogens is 463 g/mol. The summed E-state index contributed by atoms with van der Waals surface area (Å²) in [5.74, 6) is -4.12. The van der Waals surface area contributed by atoms with Gasteiger partial charge < -0.3 is 4.74 Å². The van der Waals surface area contributed by atoms with Gasteiger partial charge in [0.05, 0.1) is 33.6 Å². The zero-order valence-electron chi connectivity index (χ0n) is 17.0. The van der Waals surface area contributed by atoms with Crippen LogP contribution in [-0.2, 0) is 0 Å². The third kappa shape index (κ3) is 3.34. The molecule has 3 heterocycles. The Hall–Kier alpha value is -4.35. The van der Waals surface area contributed by atoms with Crippen LogP contribution in [0.15, 0.2) is 48.7 Å². The number of carbonyl (C=O) groups is 2. The average molecular weight is 474 g/mol. The Balaban J connectivity index is 1.58. The number of halogens is 5. The highest BCUT2D eigenvalue weighted by Gasteiger charge is 2.40. The summed E-state index contributed by atoms with van der Waals surface area (Å²) in [4.78, 5) is 31.2. The van der Waals surface area contributed by atoms with Crippen LogP contribution in [0.25, 0.3) is 16.7 Å². The van der Waals surface area contributed by atoms with Gasteiger partial charge in [-0.05, 0) is 43.3 Å². The molecule has 0 atom stereocenters. The molecule has 2 amide bonds. The van der Waals surface area contributed by atoms with Crippen molar-refractivity contribution >= 4 is 28.5 Å². The van der Waals surface area contributed by atoms with Crippen molar-refractivity contribution < 1.29 is 36.3 Å². The molecule has 4 aromatic rings. The maximum absolute atomic E-state index is 13.7. The van der Waals surface area contributed by atoms with Crippen LogP contribution in [0.3, 0.4) is 0 Å². The molecule has 5 rings (SSSR count). The first-order valence-corrected chi connectivity index (χ1v) is 9.63. The third-order valence-electron chi connectivity index (χ3n) is 5.20. The second-order valence-electron chi connectivity index (χ2n) is 7.33. The number of ether oxygens (including phenoxy) is 1. The lowest BCUT2D eigenvalue weighted by Gasteiger charge is -2.15. The molecule has 7 nitrogen and oxygen atoms in total. The van der Waals surface area contributed by atoms with E-state index in [-0.39, 0.29) is 33.5 Å². The average Bonchev–Trinajstić information content (AvgIpc) is 3.24. The maximum Gasteiger partial charge on any atom is 0.573 e. The lowest BCUT2D eigenvalue weighted by atomic mass is 10.1. The molecule has 2 aromatic heterocycles. The monoisotopic (exact) mass is 474 g/mol. The van der Waals surface area contributed by atoms with Crippen molar-refractivity contribution in [2.24, 2.45) is 0 Å². The summed E-state index contributed by atoms with van der Waals surface area (Å²) in [6.45, 7) is 1.56. The predicted molar refractivity (Wildman–Crippen MR) is 108 cm³/mol. The smallest absolute Gasteiger partial charge is 0.406 e. The second kappa shape index (κ2) is 7.33. The second-order valence-corrected chi connectivity index (χ2v) is 7.33. The number of aryl methyl sites for hydroxylation is 1. The molecule has 0 fully saturated rings. The molecule has 0 saturated heterocycles. The Morgan fingerprint density at radius 3 is 2.24 bits per heavy atom. The van der Waals surface area contributed by atoms with E-state index < -0.39 is 35.6 Å². The normalized spacial score (nSPS) is 13.6. The van der Waals surface area contributed by atoms with Crippen molar-refractivity contribution in [3.05, 3.63) is 77.1 Å². The Morgan fingerprint density at radius 1 is 0.912 bits per heavy atom. The summed E-state index contributed by atoms with van der Waals surface area (Å²) in [5.41, 5.74) is 0.594. The number of hydrogen-bond acceptors (Lipinski definition) is 5. The lowest BCUT2D eigenvalue weighted by molar-refractivity contribution is -0.274. The van der Waals surface area contributed by atoms with Crippen molar-refractivity contribution in [1.82, 2.24) is 14.8 Å². The van der Waals surface area contributed by atoms with Crippen LogP contribution >= 0.6 is 0 Å². The molecule has 0 unspecified atom stereocenters. The minimum absolute atomic E-state index is 0.00282. The SMILES string of the molecule is Cc1nn(-c2ccc(F)c(F)c2)c2ncc3c(c12)C(=O)N(c1ccc(OC(F)(F)F)cc1)C3=O. The van der Waals surface area contributed by atoms with E-state index in [2.05, 4.69) is 14.8 Å². The minimum atomic E-state index is -4.89. The fourth-order valence-electron chi connectivity index (χ4n) is 3.79. The van der Waals surface area contributed by atoms with Crippen LogP contribution in [0.2, 0.25) is 0 Å². The first kappa shape index (κ1) is 21.5. The van der Waals surface area contributed by atoms with Gasteiger partial charge in [-0.1, -0.05) is 0 Å². The van der Waals surface area contributed by atoms with Crippen LogP contribution in [0.1, 0.15) is 26.4 Å². The van der Waals surface area contributed by atoms with E-state index in [0.717, 1.165) is 47.5 Å². The van der Waals surface area contributed by atoms with E-state index in [1.165, 1.54) is 10.7 Å². The van der Waals surface area contributed by atoms with E-state index in [1.807, 2.05) is 0 Å². The van der Waals surface area contributed by atoms with Crippen LogP contribution in [0.4, 0.5) is 27.6 Å². The summed E-state index contributed by atoms with van der Waals surface area (Å²) in [6.07, 6.45) is -3.73. The fraction of sp³-hybridized carbons (Fsp3) is 0.0909. The van der Waals surface area contributed by atoms with Crippen LogP contribution in [-0.4, -0.2) is 32.9 Å². The zero-order chi connectivity index (χ0) is 24.4. The predicted octanol–water partition coefficient (Wildman–Crippen LogP) is 4.71. The molecule has 0 N–H and O–H groups in total. The molecule has 0 saturated carbocycles. The Labute approximate surface area is 187 Å². The molecule has 12 heteroatoms. The number of carbonyl (C=O) groups excluding carboxylic acids is 2.